The van der Waals surface area contributed by atoms with Gasteiger partial charge in [-0.05, 0) is 24.3 Å². The van der Waals surface area contributed by atoms with Crippen molar-refractivity contribution >= 4 is 27.7 Å². The van der Waals surface area contributed by atoms with Crippen LogP contribution in [-0.2, 0) is 28.9 Å². The number of amides is 1. The van der Waals surface area contributed by atoms with Gasteiger partial charge in [0.25, 0.3) is 5.91 Å². The summed E-state index contributed by atoms with van der Waals surface area (Å²) in [7, 11) is -2.71. The molecular formula is C21H20FNO7S. The van der Waals surface area contributed by atoms with Crippen LogP contribution in [0.3, 0.4) is 0 Å². The summed E-state index contributed by atoms with van der Waals surface area (Å²) in [5, 5.41) is 0.473. The molecule has 0 aliphatic carbocycles. The molecular weight excluding hydrogens is 429 g/mol. The molecule has 2 aromatic rings. The third-order valence-electron chi connectivity index (χ3n) is 4.24. The molecule has 0 saturated carbocycles. The SMILES string of the molecule is COC(=O)C[C@](/C=C(\F)S(=O)(=O)c1ccccc1)(NC(=O)c1ccccc1)C(=O)OC. The monoisotopic (exact) mass is 449 g/mol. The largest absolute Gasteiger partial charge is 0.469 e. The van der Waals surface area contributed by atoms with Gasteiger partial charge in [0.1, 0.15) is 0 Å². The average molecular weight is 449 g/mol. The smallest absolute Gasteiger partial charge is 0.336 e. The third kappa shape index (κ3) is 5.54. The molecule has 1 N–H and O–H groups in total. The maximum atomic E-state index is 15.0. The number of halogens is 1. The molecule has 0 bridgehead atoms. The van der Waals surface area contributed by atoms with Crippen LogP contribution in [0.1, 0.15) is 16.8 Å². The summed E-state index contributed by atoms with van der Waals surface area (Å²) < 4.78 is 49.4. The number of hydrogen-bond acceptors (Lipinski definition) is 7. The lowest BCUT2D eigenvalue weighted by molar-refractivity contribution is -0.152. The Labute approximate surface area is 178 Å². The quantitative estimate of drug-likeness (QED) is 0.614. The Morgan fingerprint density at radius 2 is 1.52 bits per heavy atom. The second kappa shape index (κ2) is 9.98. The number of sulfone groups is 1. The summed E-state index contributed by atoms with van der Waals surface area (Å²) in [6.45, 7) is 0. The van der Waals surface area contributed by atoms with Crippen molar-refractivity contribution in [2.45, 2.75) is 16.9 Å². The number of benzene rings is 2. The van der Waals surface area contributed by atoms with Crippen molar-refractivity contribution < 1.29 is 36.7 Å². The highest BCUT2D eigenvalue weighted by atomic mass is 32.2. The van der Waals surface area contributed by atoms with Gasteiger partial charge in [0.2, 0.25) is 15.0 Å². The molecule has 0 aliphatic rings. The Kier molecular flexibility index (Phi) is 7.65. The normalized spacial score (nSPS) is 13.6. The van der Waals surface area contributed by atoms with Crippen molar-refractivity contribution in [2.75, 3.05) is 14.2 Å². The molecule has 8 nitrogen and oxygen atoms in total. The zero-order valence-electron chi connectivity index (χ0n) is 16.7. The van der Waals surface area contributed by atoms with Crippen LogP contribution >= 0.6 is 0 Å². The highest BCUT2D eigenvalue weighted by Crippen LogP contribution is 2.26. The van der Waals surface area contributed by atoms with Crippen LogP contribution in [0.15, 0.2) is 76.8 Å². The molecule has 0 spiro atoms. The first kappa shape index (κ1) is 23.7. The first-order valence-electron chi connectivity index (χ1n) is 8.87. The minimum atomic E-state index is -4.67. The number of carbonyl (C=O) groups is 3. The van der Waals surface area contributed by atoms with Gasteiger partial charge in [0.05, 0.1) is 25.5 Å². The fourth-order valence-corrected chi connectivity index (χ4v) is 3.74. The lowest BCUT2D eigenvalue weighted by Crippen LogP contribution is -2.55. The number of carbonyl (C=O) groups excluding carboxylic acids is 3. The molecule has 164 valence electrons. The van der Waals surface area contributed by atoms with Crippen LogP contribution in [0.25, 0.3) is 0 Å². The van der Waals surface area contributed by atoms with Gasteiger partial charge in [-0.15, -0.1) is 0 Å². The van der Waals surface area contributed by atoms with Crippen molar-refractivity contribution in [3.63, 3.8) is 0 Å². The molecule has 1 atom stereocenters. The molecule has 31 heavy (non-hydrogen) atoms. The Hall–Kier alpha value is -3.53. The summed E-state index contributed by atoms with van der Waals surface area (Å²) in [4.78, 5) is 36.9. The van der Waals surface area contributed by atoms with Gasteiger partial charge in [0, 0.05) is 11.6 Å². The van der Waals surface area contributed by atoms with E-state index in [1.54, 1.807) is 18.2 Å². The zero-order chi connectivity index (χ0) is 23.1. The summed E-state index contributed by atoms with van der Waals surface area (Å²) in [6.07, 6.45) is -0.564. The topological polar surface area (TPSA) is 116 Å². The number of methoxy groups -OCH3 is 2. The maximum absolute atomic E-state index is 15.0. The molecule has 2 aromatic carbocycles. The molecule has 0 heterocycles. The van der Waals surface area contributed by atoms with E-state index < -0.39 is 44.8 Å². The maximum Gasteiger partial charge on any atom is 0.336 e. The van der Waals surface area contributed by atoms with Crippen LogP contribution in [0.2, 0.25) is 0 Å². The molecule has 0 saturated heterocycles. The molecule has 0 aromatic heterocycles. The van der Waals surface area contributed by atoms with Gasteiger partial charge in [-0.3, -0.25) is 9.59 Å². The summed E-state index contributed by atoms with van der Waals surface area (Å²) >= 11 is 0. The van der Waals surface area contributed by atoms with Crippen LogP contribution in [0, 0.1) is 0 Å². The van der Waals surface area contributed by atoms with E-state index in [-0.39, 0.29) is 10.5 Å². The first-order chi connectivity index (χ1) is 14.7. The highest BCUT2D eigenvalue weighted by Gasteiger charge is 2.44. The summed E-state index contributed by atoms with van der Waals surface area (Å²) in [6, 6.07) is 14.2. The highest BCUT2D eigenvalue weighted by molar-refractivity contribution is 7.95. The van der Waals surface area contributed by atoms with Gasteiger partial charge in [-0.2, -0.15) is 4.39 Å². The third-order valence-corrected chi connectivity index (χ3v) is 5.77. The summed E-state index contributed by atoms with van der Waals surface area (Å²) in [5.41, 5.74) is -2.40. The first-order valence-corrected chi connectivity index (χ1v) is 10.4. The van der Waals surface area contributed by atoms with Gasteiger partial charge >= 0.3 is 11.9 Å². The number of rotatable bonds is 8. The van der Waals surface area contributed by atoms with Crippen LogP contribution in [-0.4, -0.2) is 46.0 Å². The van der Waals surface area contributed by atoms with E-state index in [1.165, 1.54) is 30.3 Å². The van der Waals surface area contributed by atoms with Crippen molar-refractivity contribution in [1.29, 1.82) is 0 Å². The Bertz CT molecular complexity index is 1090. The van der Waals surface area contributed by atoms with E-state index >= 15 is 4.39 Å². The molecule has 2 rings (SSSR count). The molecule has 10 heteroatoms. The Morgan fingerprint density at radius 1 is 0.968 bits per heavy atom. The van der Waals surface area contributed by atoms with Gasteiger partial charge in [-0.1, -0.05) is 36.4 Å². The Balaban J connectivity index is 2.61. The molecule has 0 unspecified atom stereocenters. The molecule has 0 fully saturated rings. The molecule has 1 amide bonds. The minimum Gasteiger partial charge on any atom is -0.469 e. The van der Waals surface area contributed by atoms with E-state index in [0.717, 1.165) is 26.4 Å². The second-order valence-electron chi connectivity index (χ2n) is 6.30. The number of hydrogen-bond donors (Lipinski definition) is 1. The minimum absolute atomic E-state index is 0.0837. The van der Waals surface area contributed by atoms with Crippen molar-refractivity contribution in [2.24, 2.45) is 0 Å². The van der Waals surface area contributed by atoms with E-state index in [2.05, 4.69) is 14.8 Å². The average Bonchev–Trinajstić information content (AvgIpc) is 2.79. The predicted molar refractivity (Wildman–Crippen MR) is 108 cm³/mol. The number of ether oxygens (including phenoxy) is 2. The number of nitrogens with one attached hydrogen (secondary N) is 1. The molecule has 0 radical (unpaired) electrons. The lowest BCUT2D eigenvalue weighted by atomic mass is 9.94. The van der Waals surface area contributed by atoms with Gasteiger partial charge in [-0.25, -0.2) is 13.2 Å². The van der Waals surface area contributed by atoms with Crippen molar-refractivity contribution in [3.8, 4) is 0 Å². The summed E-state index contributed by atoms with van der Waals surface area (Å²) in [5.74, 6) is -3.14. The zero-order valence-corrected chi connectivity index (χ0v) is 17.5. The lowest BCUT2D eigenvalue weighted by Gasteiger charge is -2.28. The van der Waals surface area contributed by atoms with E-state index in [0.29, 0.717) is 6.08 Å². The van der Waals surface area contributed by atoms with E-state index in [4.69, 9.17) is 0 Å². The van der Waals surface area contributed by atoms with Crippen LogP contribution in [0.5, 0.6) is 0 Å². The van der Waals surface area contributed by atoms with Crippen LogP contribution < -0.4 is 5.32 Å². The second-order valence-corrected chi connectivity index (χ2v) is 8.17. The van der Waals surface area contributed by atoms with Gasteiger partial charge in [0.15, 0.2) is 5.54 Å². The van der Waals surface area contributed by atoms with Crippen LogP contribution in [0.4, 0.5) is 4.39 Å². The fourth-order valence-electron chi connectivity index (χ4n) is 2.64. The molecule has 0 aliphatic heterocycles. The Morgan fingerprint density at radius 3 is 2.03 bits per heavy atom. The van der Waals surface area contributed by atoms with E-state index in [1.807, 2.05) is 0 Å². The fraction of sp³-hybridized carbons (Fsp3) is 0.190. The number of esters is 2. The van der Waals surface area contributed by atoms with Crippen molar-refractivity contribution in [3.05, 3.63) is 77.5 Å². The van der Waals surface area contributed by atoms with E-state index in [9.17, 15) is 22.8 Å². The standard InChI is InChI=1S/C21H20FNO7S/c1-29-18(24)14-21(20(26)30-2,23-19(25)15-9-5-3-6-10-15)13-17(22)31(27,28)16-11-7-4-8-12-16/h3-13H,14H2,1-2H3,(H,23,25)/b17-13+/t21-/m0/s1. The predicted octanol–water partition coefficient (Wildman–Crippen LogP) is 2.18. The van der Waals surface area contributed by atoms with Crippen molar-refractivity contribution in [1.82, 2.24) is 5.32 Å². The van der Waals surface area contributed by atoms with Gasteiger partial charge < -0.3 is 14.8 Å².